The van der Waals surface area contributed by atoms with Crippen LogP contribution in [-0.4, -0.2) is 27.8 Å². The molecule has 2 rings (SSSR count). The van der Waals surface area contributed by atoms with Crippen LogP contribution < -0.4 is 0 Å². The second-order valence-corrected chi connectivity index (χ2v) is 5.44. The molecule has 0 aromatic carbocycles. The second-order valence-electron chi connectivity index (χ2n) is 3.67. The third-order valence-electron chi connectivity index (χ3n) is 2.78. The molecule has 1 fully saturated rings. The van der Waals surface area contributed by atoms with Gasteiger partial charge in [0, 0.05) is 29.5 Å². The number of hydrogen-bond donors (Lipinski definition) is 0. The Balaban J connectivity index is 1.89. The van der Waals surface area contributed by atoms with E-state index in [0.29, 0.717) is 0 Å². The lowest BCUT2D eigenvalue weighted by molar-refractivity contribution is 0.128. The van der Waals surface area contributed by atoms with E-state index >= 15 is 0 Å². The molecule has 1 aliphatic carbocycles. The smallest absolute Gasteiger partial charge is 0.107 e. The summed E-state index contributed by atoms with van der Waals surface area (Å²) in [4.78, 5) is 6.89. The summed E-state index contributed by atoms with van der Waals surface area (Å²) < 4.78 is 0. The summed E-state index contributed by atoms with van der Waals surface area (Å²) in [6.45, 7) is 2.18. The highest BCUT2D eigenvalue weighted by Gasteiger charge is 2.24. The van der Waals surface area contributed by atoms with Gasteiger partial charge in [-0.15, -0.1) is 11.3 Å². The first-order valence-corrected chi connectivity index (χ1v) is 7.08. The molecular formula is C10H15BrN2S. The fourth-order valence-corrected chi connectivity index (χ4v) is 2.85. The molecule has 4 heteroatoms. The highest BCUT2D eigenvalue weighted by molar-refractivity contribution is 9.09. The monoisotopic (exact) mass is 274 g/mol. The van der Waals surface area contributed by atoms with Gasteiger partial charge in [0.15, 0.2) is 0 Å². The topological polar surface area (TPSA) is 16.1 Å². The number of halogens is 1. The van der Waals surface area contributed by atoms with Crippen LogP contribution in [0.2, 0.25) is 0 Å². The molecule has 0 amide bonds. The molecule has 78 valence electrons. The van der Waals surface area contributed by atoms with Gasteiger partial charge >= 0.3 is 0 Å². The molecule has 1 aliphatic rings. The van der Waals surface area contributed by atoms with Gasteiger partial charge in [-0.2, -0.15) is 0 Å². The molecule has 0 radical (unpaired) electrons. The number of rotatable bonds is 5. The Bertz CT molecular complexity index is 259. The van der Waals surface area contributed by atoms with Crippen molar-refractivity contribution in [2.75, 3.05) is 11.9 Å². The van der Waals surface area contributed by atoms with Crippen molar-refractivity contribution in [3.8, 4) is 0 Å². The van der Waals surface area contributed by atoms with Gasteiger partial charge < -0.3 is 0 Å². The van der Waals surface area contributed by atoms with Crippen LogP contribution in [0.1, 0.15) is 24.3 Å². The molecule has 0 saturated heterocycles. The van der Waals surface area contributed by atoms with Crippen LogP contribution in [0.5, 0.6) is 0 Å². The lowest BCUT2D eigenvalue weighted by Crippen LogP contribution is -2.40. The van der Waals surface area contributed by atoms with Crippen molar-refractivity contribution in [1.29, 1.82) is 0 Å². The van der Waals surface area contributed by atoms with Gasteiger partial charge in [0.05, 0.1) is 6.54 Å². The predicted octanol–water partition coefficient (Wildman–Crippen LogP) is 2.89. The van der Waals surface area contributed by atoms with Crippen LogP contribution in [-0.2, 0) is 6.54 Å². The third kappa shape index (κ3) is 2.55. The summed E-state index contributed by atoms with van der Waals surface area (Å²) in [6.07, 6.45) is 6.05. The maximum atomic E-state index is 4.34. The van der Waals surface area contributed by atoms with Crippen LogP contribution in [0.15, 0.2) is 11.6 Å². The highest BCUT2D eigenvalue weighted by atomic mass is 79.9. The van der Waals surface area contributed by atoms with E-state index in [9.17, 15) is 0 Å². The maximum Gasteiger partial charge on any atom is 0.107 e. The second kappa shape index (κ2) is 5.24. The summed E-state index contributed by atoms with van der Waals surface area (Å²) in [5.41, 5.74) is 0. The van der Waals surface area contributed by atoms with Gasteiger partial charge in [-0.3, -0.25) is 4.90 Å². The zero-order valence-electron chi connectivity index (χ0n) is 8.16. The average molecular weight is 275 g/mol. The fraction of sp³-hybridized carbons (Fsp3) is 0.700. The highest BCUT2D eigenvalue weighted by Crippen LogP contribution is 2.26. The Labute approximate surface area is 97.5 Å². The quantitative estimate of drug-likeness (QED) is 0.768. The molecule has 0 atom stereocenters. The molecule has 0 spiro atoms. The van der Waals surface area contributed by atoms with E-state index in [1.807, 2.05) is 6.20 Å². The standard InChI is InChI=1S/C10H15BrN2S/c11-4-6-13(9-2-1-3-9)8-10-12-5-7-14-10/h5,7,9H,1-4,6,8H2. The zero-order chi connectivity index (χ0) is 9.80. The van der Waals surface area contributed by atoms with Crippen LogP contribution in [0.25, 0.3) is 0 Å². The van der Waals surface area contributed by atoms with Gasteiger partial charge in [0.25, 0.3) is 0 Å². The minimum atomic E-state index is 0.816. The first-order chi connectivity index (χ1) is 6.90. The van der Waals surface area contributed by atoms with E-state index in [1.54, 1.807) is 11.3 Å². The Morgan fingerprint density at radius 2 is 2.43 bits per heavy atom. The van der Waals surface area contributed by atoms with Crippen LogP contribution in [0.3, 0.4) is 0 Å². The van der Waals surface area contributed by atoms with Gasteiger partial charge in [-0.05, 0) is 12.8 Å². The van der Waals surface area contributed by atoms with Crippen LogP contribution >= 0.6 is 27.3 Å². The number of nitrogens with zero attached hydrogens (tertiary/aromatic N) is 2. The van der Waals surface area contributed by atoms with Crippen LogP contribution in [0, 0.1) is 0 Å². The third-order valence-corrected chi connectivity index (χ3v) is 3.90. The molecule has 1 saturated carbocycles. The summed E-state index contributed by atoms with van der Waals surface area (Å²) in [5.74, 6) is 0. The van der Waals surface area contributed by atoms with Gasteiger partial charge in [-0.1, -0.05) is 22.4 Å². The van der Waals surface area contributed by atoms with Crippen molar-refractivity contribution in [2.45, 2.75) is 31.8 Å². The van der Waals surface area contributed by atoms with E-state index in [-0.39, 0.29) is 0 Å². The largest absolute Gasteiger partial charge is 0.293 e. The molecule has 2 nitrogen and oxygen atoms in total. The summed E-state index contributed by atoms with van der Waals surface area (Å²) in [6, 6.07) is 0.816. The van der Waals surface area contributed by atoms with Gasteiger partial charge in [-0.25, -0.2) is 4.98 Å². The Kier molecular flexibility index (Phi) is 3.96. The van der Waals surface area contributed by atoms with Crippen molar-refractivity contribution in [2.24, 2.45) is 0 Å². The first kappa shape index (κ1) is 10.6. The van der Waals surface area contributed by atoms with Gasteiger partial charge in [0.2, 0.25) is 0 Å². The van der Waals surface area contributed by atoms with Crippen molar-refractivity contribution >= 4 is 27.3 Å². The Hall–Kier alpha value is 0.0700. The number of aromatic nitrogens is 1. The van der Waals surface area contributed by atoms with Crippen molar-refractivity contribution in [3.05, 3.63) is 16.6 Å². The minimum Gasteiger partial charge on any atom is -0.293 e. The van der Waals surface area contributed by atoms with Crippen LogP contribution in [0.4, 0.5) is 0 Å². The molecule has 0 aliphatic heterocycles. The lowest BCUT2D eigenvalue weighted by Gasteiger charge is -2.36. The number of thiazole rings is 1. The molecule has 1 heterocycles. The normalized spacial score (nSPS) is 17.3. The molecule has 0 N–H and O–H groups in total. The fourth-order valence-electron chi connectivity index (χ4n) is 1.76. The van der Waals surface area contributed by atoms with Crippen molar-refractivity contribution < 1.29 is 0 Å². The van der Waals surface area contributed by atoms with E-state index < -0.39 is 0 Å². The number of alkyl halides is 1. The zero-order valence-corrected chi connectivity index (χ0v) is 10.6. The van der Waals surface area contributed by atoms with E-state index in [2.05, 4.69) is 31.2 Å². The minimum absolute atomic E-state index is 0.816. The Morgan fingerprint density at radius 3 is 2.93 bits per heavy atom. The molecule has 0 unspecified atom stereocenters. The lowest BCUT2D eigenvalue weighted by atomic mass is 9.91. The molecule has 1 aromatic heterocycles. The summed E-state index contributed by atoms with van der Waals surface area (Å²) in [7, 11) is 0. The SMILES string of the molecule is BrCCN(Cc1nccs1)C1CCC1. The van der Waals surface area contributed by atoms with E-state index in [4.69, 9.17) is 0 Å². The summed E-state index contributed by atoms with van der Waals surface area (Å²) >= 11 is 5.28. The van der Waals surface area contributed by atoms with Gasteiger partial charge in [0.1, 0.15) is 5.01 Å². The van der Waals surface area contributed by atoms with E-state index in [1.165, 1.54) is 24.3 Å². The van der Waals surface area contributed by atoms with E-state index in [0.717, 1.165) is 24.5 Å². The maximum absolute atomic E-state index is 4.34. The van der Waals surface area contributed by atoms with Crippen molar-refractivity contribution in [1.82, 2.24) is 9.88 Å². The Morgan fingerprint density at radius 1 is 1.57 bits per heavy atom. The average Bonchev–Trinajstić information content (AvgIpc) is 2.54. The molecule has 14 heavy (non-hydrogen) atoms. The summed E-state index contributed by atoms with van der Waals surface area (Å²) in [5, 5.41) is 4.37. The molecule has 0 bridgehead atoms. The predicted molar refractivity (Wildman–Crippen MR) is 64.0 cm³/mol. The molecular weight excluding hydrogens is 260 g/mol. The first-order valence-electron chi connectivity index (χ1n) is 5.08. The molecule has 1 aromatic rings. The van der Waals surface area contributed by atoms with Crippen molar-refractivity contribution in [3.63, 3.8) is 0 Å². The number of hydrogen-bond acceptors (Lipinski definition) is 3.